The van der Waals surface area contributed by atoms with Crippen LogP contribution in [0.2, 0.25) is 0 Å². The van der Waals surface area contributed by atoms with Crippen LogP contribution in [0.4, 0.5) is 5.00 Å². The molecule has 1 aliphatic heterocycles. The number of aromatic nitrogens is 2. The van der Waals surface area contributed by atoms with Crippen molar-refractivity contribution >= 4 is 28.3 Å². The number of carbonyl (C=O) groups is 2. The Morgan fingerprint density at radius 1 is 1.61 bits per heavy atom. The third kappa shape index (κ3) is 2.47. The summed E-state index contributed by atoms with van der Waals surface area (Å²) < 4.78 is 3.78. The van der Waals surface area contributed by atoms with Gasteiger partial charge in [-0.3, -0.25) is 19.8 Å². The van der Waals surface area contributed by atoms with Gasteiger partial charge in [0.15, 0.2) is 0 Å². The molecule has 0 saturated carbocycles. The number of piperazine rings is 1. The highest BCUT2D eigenvalue weighted by Crippen LogP contribution is 2.20. The molecule has 98 valence electrons. The van der Waals surface area contributed by atoms with Crippen molar-refractivity contribution in [3.63, 3.8) is 0 Å². The van der Waals surface area contributed by atoms with Crippen molar-refractivity contribution in [3.8, 4) is 0 Å². The van der Waals surface area contributed by atoms with E-state index in [0.717, 1.165) is 11.5 Å². The zero-order valence-electron chi connectivity index (χ0n) is 9.84. The molecule has 9 heteroatoms. The van der Waals surface area contributed by atoms with Crippen LogP contribution >= 0.6 is 11.5 Å². The lowest BCUT2D eigenvalue weighted by Gasteiger charge is -2.32. The molecular formula is C9H14N6O2S. The van der Waals surface area contributed by atoms with E-state index >= 15 is 0 Å². The van der Waals surface area contributed by atoms with Crippen molar-refractivity contribution in [2.24, 2.45) is 5.84 Å². The maximum atomic E-state index is 11.7. The topological polar surface area (TPSA) is 113 Å². The predicted octanol–water partition coefficient (Wildman–Crippen LogP) is -0.939. The summed E-state index contributed by atoms with van der Waals surface area (Å²) in [5.41, 5.74) is 3.14. The summed E-state index contributed by atoms with van der Waals surface area (Å²) in [4.78, 5) is 24.8. The molecule has 4 N–H and O–H groups in total. The summed E-state index contributed by atoms with van der Waals surface area (Å²) in [5.74, 6) is 4.78. The lowest BCUT2D eigenvalue weighted by atomic mass is 10.1. The second-order valence-electron chi connectivity index (χ2n) is 3.93. The molecule has 0 aliphatic carbocycles. The van der Waals surface area contributed by atoms with Gasteiger partial charge in [-0.1, -0.05) is 11.4 Å². The van der Waals surface area contributed by atoms with Gasteiger partial charge in [0, 0.05) is 18.1 Å². The van der Waals surface area contributed by atoms with Crippen molar-refractivity contribution in [1.29, 1.82) is 0 Å². The van der Waals surface area contributed by atoms with E-state index in [0.29, 0.717) is 23.7 Å². The van der Waals surface area contributed by atoms with Crippen molar-refractivity contribution in [1.82, 2.24) is 19.8 Å². The molecule has 2 rings (SSSR count). The van der Waals surface area contributed by atoms with E-state index in [-0.39, 0.29) is 24.4 Å². The number of nitrogens with one attached hydrogen (secondary N) is 2. The molecule has 0 spiro atoms. The van der Waals surface area contributed by atoms with Crippen LogP contribution in [-0.2, 0) is 16.1 Å². The summed E-state index contributed by atoms with van der Waals surface area (Å²) in [5, 5.41) is 6.91. The first-order valence-corrected chi connectivity index (χ1v) is 6.28. The smallest absolute Gasteiger partial charge is 0.243 e. The first kappa shape index (κ1) is 12.9. The zero-order valence-corrected chi connectivity index (χ0v) is 10.7. The van der Waals surface area contributed by atoms with Crippen molar-refractivity contribution in [2.75, 3.05) is 12.0 Å². The summed E-state index contributed by atoms with van der Waals surface area (Å²) in [7, 11) is 0. The van der Waals surface area contributed by atoms with E-state index in [1.54, 1.807) is 4.90 Å². The van der Waals surface area contributed by atoms with Gasteiger partial charge in [0.1, 0.15) is 10.7 Å². The Labute approximate surface area is 108 Å². The third-order valence-corrected chi connectivity index (χ3v) is 3.48. The molecule has 1 atom stereocenters. The van der Waals surface area contributed by atoms with Gasteiger partial charge >= 0.3 is 0 Å². The molecule has 0 bridgehead atoms. The largest absolute Gasteiger partial charge is 0.313 e. The number of nitrogens with two attached hydrogens (primary N) is 1. The Morgan fingerprint density at radius 2 is 2.39 bits per heavy atom. The van der Waals surface area contributed by atoms with E-state index in [1.165, 1.54) is 0 Å². The van der Waals surface area contributed by atoms with E-state index < -0.39 is 0 Å². The number of rotatable bonds is 4. The van der Waals surface area contributed by atoms with Crippen LogP contribution in [0.3, 0.4) is 0 Å². The minimum absolute atomic E-state index is 0.172. The van der Waals surface area contributed by atoms with Gasteiger partial charge in [-0.15, -0.1) is 5.10 Å². The van der Waals surface area contributed by atoms with Crippen LogP contribution in [0.15, 0.2) is 0 Å². The van der Waals surface area contributed by atoms with Gasteiger partial charge in [-0.05, 0) is 6.42 Å². The lowest BCUT2D eigenvalue weighted by Crippen LogP contribution is -2.57. The molecule has 8 nitrogen and oxygen atoms in total. The van der Waals surface area contributed by atoms with Crippen LogP contribution in [0.25, 0.3) is 0 Å². The molecule has 1 fully saturated rings. The fourth-order valence-electron chi connectivity index (χ4n) is 1.94. The number of nitrogen functional groups attached to an aromatic ring is 1. The molecule has 1 unspecified atom stereocenters. The van der Waals surface area contributed by atoms with Crippen molar-refractivity contribution in [3.05, 3.63) is 5.69 Å². The maximum Gasteiger partial charge on any atom is 0.243 e. The second-order valence-corrected chi connectivity index (χ2v) is 4.69. The van der Waals surface area contributed by atoms with Gasteiger partial charge in [0.2, 0.25) is 11.8 Å². The van der Waals surface area contributed by atoms with Crippen molar-refractivity contribution < 1.29 is 9.59 Å². The standard InChI is InChI=1S/C9H14N6O2S/c1-2-6-8(17)11-7(16)4-15(6)3-5-9(12-10)18-14-13-5/h6,12H,2-4,10H2,1H3,(H,11,16,17). The van der Waals surface area contributed by atoms with Crippen LogP contribution in [0.1, 0.15) is 19.0 Å². The Hall–Kier alpha value is -1.58. The Bertz CT molecular complexity index is 462. The number of hydrogen-bond acceptors (Lipinski definition) is 8. The van der Waals surface area contributed by atoms with Gasteiger partial charge in [-0.2, -0.15) is 0 Å². The molecule has 1 aromatic rings. The minimum atomic E-state index is -0.324. The number of hydrogen-bond donors (Lipinski definition) is 3. The van der Waals surface area contributed by atoms with E-state index in [4.69, 9.17) is 5.84 Å². The summed E-state index contributed by atoms with van der Waals surface area (Å²) in [6, 6.07) is -0.324. The van der Waals surface area contributed by atoms with Gasteiger partial charge in [-0.25, -0.2) is 5.84 Å². The summed E-state index contributed by atoms with van der Waals surface area (Å²) >= 11 is 1.14. The molecule has 1 aromatic heterocycles. The van der Waals surface area contributed by atoms with Crippen LogP contribution < -0.4 is 16.6 Å². The molecule has 2 heterocycles. The maximum absolute atomic E-state index is 11.7. The normalized spacial score (nSPS) is 20.9. The number of nitrogens with zero attached hydrogens (tertiary/aromatic N) is 3. The molecule has 2 amide bonds. The van der Waals surface area contributed by atoms with Crippen LogP contribution in [0, 0.1) is 0 Å². The molecule has 0 radical (unpaired) electrons. The fraction of sp³-hybridized carbons (Fsp3) is 0.556. The van der Waals surface area contributed by atoms with E-state index in [9.17, 15) is 9.59 Å². The molecule has 1 saturated heterocycles. The third-order valence-electron chi connectivity index (χ3n) is 2.78. The Morgan fingerprint density at radius 3 is 3.06 bits per heavy atom. The zero-order chi connectivity index (χ0) is 13.1. The van der Waals surface area contributed by atoms with Gasteiger partial charge < -0.3 is 5.43 Å². The highest BCUT2D eigenvalue weighted by atomic mass is 32.1. The lowest BCUT2D eigenvalue weighted by molar-refractivity contribution is -0.140. The van der Waals surface area contributed by atoms with Gasteiger partial charge in [0.05, 0.1) is 12.6 Å². The number of amides is 2. The first-order valence-electron chi connectivity index (χ1n) is 5.51. The van der Waals surface area contributed by atoms with Crippen LogP contribution in [0.5, 0.6) is 0 Å². The number of hydrazine groups is 1. The van der Waals surface area contributed by atoms with Gasteiger partial charge in [0.25, 0.3) is 0 Å². The monoisotopic (exact) mass is 270 g/mol. The molecular weight excluding hydrogens is 256 g/mol. The van der Waals surface area contributed by atoms with E-state index in [1.807, 2.05) is 6.92 Å². The molecule has 1 aliphatic rings. The number of carbonyl (C=O) groups excluding carboxylic acids is 2. The highest BCUT2D eigenvalue weighted by Gasteiger charge is 2.33. The minimum Gasteiger partial charge on any atom is -0.313 e. The Balaban J connectivity index is 2.15. The molecule has 18 heavy (non-hydrogen) atoms. The molecule has 0 aromatic carbocycles. The quantitative estimate of drug-likeness (QED) is 0.367. The van der Waals surface area contributed by atoms with E-state index in [2.05, 4.69) is 20.3 Å². The summed E-state index contributed by atoms with van der Waals surface area (Å²) in [6.07, 6.45) is 0.627. The van der Waals surface area contributed by atoms with Crippen LogP contribution in [-0.4, -0.2) is 38.9 Å². The Kier molecular flexibility index (Phi) is 3.84. The average Bonchev–Trinajstić information content (AvgIpc) is 2.76. The second kappa shape index (κ2) is 5.38. The number of anilines is 1. The van der Waals surface area contributed by atoms with Crippen molar-refractivity contribution in [2.45, 2.75) is 25.9 Å². The fourth-order valence-corrected chi connectivity index (χ4v) is 2.43. The summed E-state index contributed by atoms with van der Waals surface area (Å²) in [6.45, 7) is 2.44. The number of imide groups is 1. The SMILES string of the molecule is CCC1C(=O)NC(=O)CN1Cc1nnsc1NN. The first-order chi connectivity index (χ1) is 8.65. The predicted molar refractivity (Wildman–Crippen MR) is 65.4 cm³/mol. The highest BCUT2D eigenvalue weighted by molar-refractivity contribution is 7.10. The average molecular weight is 270 g/mol.